The lowest BCUT2D eigenvalue weighted by atomic mass is 9.97. The summed E-state index contributed by atoms with van der Waals surface area (Å²) < 4.78 is 10.7. The van der Waals surface area contributed by atoms with Gasteiger partial charge in [0.1, 0.15) is 11.5 Å². The summed E-state index contributed by atoms with van der Waals surface area (Å²) in [7, 11) is 3.29. The molecule has 0 radical (unpaired) electrons. The van der Waals surface area contributed by atoms with Crippen LogP contribution < -0.4 is 14.8 Å². The van der Waals surface area contributed by atoms with Crippen LogP contribution in [0.5, 0.6) is 11.5 Å². The molecule has 116 valence electrons. The van der Waals surface area contributed by atoms with Gasteiger partial charge < -0.3 is 19.7 Å². The van der Waals surface area contributed by atoms with Crippen molar-refractivity contribution in [3.8, 4) is 11.5 Å². The largest absolute Gasteiger partial charge is 0.495 e. The summed E-state index contributed by atoms with van der Waals surface area (Å²) in [6.45, 7) is 2.46. The summed E-state index contributed by atoms with van der Waals surface area (Å²) in [6.07, 6.45) is 5.05. The summed E-state index contributed by atoms with van der Waals surface area (Å²) in [5, 5.41) is 4.22. The van der Waals surface area contributed by atoms with Gasteiger partial charge in [-0.1, -0.05) is 11.6 Å². The van der Waals surface area contributed by atoms with Gasteiger partial charge in [-0.3, -0.25) is 0 Å². The molecule has 0 saturated carbocycles. The number of rotatable bonds is 4. The average Bonchev–Trinajstić information content (AvgIpc) is 2.95. The van der Waals surface area contributed by atoms with Crippen molar-refractivity contribution in [1.29, 1.82) is 0 Å². The third kappa shape index (κ3) is 3.06. The summed E-state index contributed by atoms with van der Waals surface area (Å²) >= 11 is 6.24. The lowest BCUT2D eigenvalue weighted by Gasteiger charge is -2.35. The molecule has 21 heavy (non-hydrogen) atoms. The number of methoxy groups -OCH3 is 2. The van der Waals surface area contributed by atoms with Crippen LogP contribution in [0.1, 0.15) is 25.7 Å². The summed E-state index contributed by atoms with van der Waals surface area (Å²) in [5.74, 6) is 1.43. The molecule has 1 N–H and O–H groups in total. The van der Waals surface area contributed by atoms with Gasteiger partial charge in [-0.05, 0) is 38.3 Å². The highest BCUT2D eigenvalue weighted by Crippen LogP contribution is 2.37. The van der Waals surface area contributed by atoms with Crippen molar-refractivity contribution in [3.63, 3.8) is 0 Å². The molecule has 0 aromatic heterocycles. The normalized spacial score (nSPS) is 25.5. The minimum absolute atomic E-state index is 0.489. The Labute approximate surface area is 131 Å². The molecule has 2 unspecified atom stereocenters. The Bertz CT molecular complexity index is 509. The summed E-state index contributed by atoms with van der Waals surface area (Å²) in [4.78, 5) is 2.62. The smallest absolute Gasteiger partial charge is 0.145 e. The second-order valence-corrected chi connectivity index (χ2v) is 6.29. The highest BCUT2D eigenvalue weighted by atomic mass is 35.5. The fourth-order valence-corrected chi connectivity index (χ4v) is 3.79. The van der Waals surface area contributed by atoms with Crippen LogP contribution in [-0.2, 0) is 0 Å². The third-order valence-electron chi connectivity index (χ3n) is 4.65. The minimum Gasteiger partial charge on any atom is -0.495 e. The highest BCUT2D eigenvalue weighted by molar-refractivity contribution is 6.32. The molecule has 0 bridgehead atoms. The van der Waals surface area contributed by atoms with Gasteiger partial charge in [0.15, 0.2) is 0 Å². The first-order chi connectivity index (χ1) is 10.2. The van der Waals surface area contributed by atoms with E-state index in [4.69, 9.17) is 21.1 Å². The molecule has 5 heteroatoms. The maximum absolute atomic E-state index is 6.24. The second kappa shape index (κ2) is 6.32. The van der Waals surface area contributed by atoms with Crippen molar-refractivity contribution < 1.29 is 9.47 Å². The molecule has 2 atom stereocenters. The van der Waals surface area contributed by atoms with E-state index in [0.717, 1.165) is 17.5 Å². The number of anilines is 1. The van der Waals surface area contributed by atoms with Crippen LogP contribution in [0.2, 0.25) is 5.02 Å². The lowest BCUT2D eigenvalue weighted by molar-refractivity contribution is 0.188. The first kappa shape index (κ1) is 14.8. The highest BCUT2D eigenvalue weighted by Gasteiger charge is 2.31. The second-order valence-electron chi connectivity index (χ2n) is 5.88. The molecule has 2 saturated heterocycles. The van der Waals surface area contributed by atoms with Gasteiger partial charge in [0.05, 0.1) is 24.9 Å². The Hall–Kier alpha value is -1.13. The molecule has 2 aliphatic heterocycles. The van der Waals surface area contributed by atoms with Crippen LogP contribution in [-0.4, -0.2) is 44.3 Å². The number of benzene rings is 1. The van der Waals surface area contributed by atoms with Crippen molar-refractivity contribution in [1.82, 2.24) is 4.90 Å². The Morgan fingerprint density at radius 1 is 1.14 bits per heavy atom. The molecule has 0 amide bonds. The molecule has 2 aliphatic rings. The van der Waals surface area contributed by atoms with Crippen LogP contribution in [0.15, 0.2) is 12.1 Å². The third-order valence-corrected chi connectivity index (χ3v) is 4.95. The van der Waals surface area contributed by atoms with Gasteiger partial charge in [0, 0.05) is 24.7 Å². The summed E-state index contributed by atoms with van der Waals surface area (Å²) in [5.41, 5.74) is 0.958. The van der Waals surface area contributed by atoms with Crippen molar-refractivity contribution in [2.24, 2.45) is 0 Å². The van der Waals surface area contributed by atoms with E-state index in [1.54, 1.807) is 14.2 Å². The lowest BCUT2D eigenvalue weighted by Crippen LogP contribution is -2.42. The molecule has 2 heterocycles. The molecule has 2 fully saturated rings. The van der Waals surface area contributed by atoms with E-state index in [0.29, 0.717) is 16.8 Å². The molecule has 4 nitrogen and oxygen atoms in total. The maximum atomic E-state index is 6.24. The van der Waals surface area contributed by atoms with Crippen LogP contribution in [0, 0.1) is 0 Å². The van der Waals surface area contributed by atoms with Gasteiger partial charge in [-0.15, -0.1) is 0 Å². The van der Waals surface area contributed by atoms with E-state index in [9.17, 15) is 0 Å². The zero-order valence-corrected chi connectivity index (χ0v) is 13.4. The zero-order valence-electron chi connectivity index (χ0n) is 12.7. The van der Waals surface area contributed by atoms with Crippen molar-refractivity contribution >= 4 is 17.3 Å². The van der Waals surface area contributed by atoms with Crippen molar-refractivity contribution in [2.45, 2.75) is 37.8 Å². The van der Waals surface area contributed by atoms with Crippen molar-refractivity contribution in [3.05, 3.63) is 17.2 Å². The fraction of sp³-hybridized carbons (Fsp3) is 0.625. The van der Waals surface area contributed by atoms with Gasteiger partial charge >= 0.3 is 0 Å². The van der Waals surface area contributed by atoms with E-state index in [2.05, 4.69) is 10.2 Å². The predicted molar refractivity (Wildman–Crippen MR) is 85.8 cm³/mol. The quantitative estimate of drug-likeness (QED) is 0.924. The Balaban J connectivity index is 1.73. The molecular formula is C16H23ClN2O2. The van der Waals surface area contributed by atoms with Crippen LogP contribution >= 0.6 is 11.6 Å². The summed E-state index contributed by atoms with van der Waals surface area (Å²) in [6, 6.07) is 4.98. The van der Waals surface area contributed by atoms with E-state index >= 15 is 0 Å². The molecule has 0 aliphatic carbocycles. The maximum Gasteiger partial charge on any atom is 0.145 e. The number of hydrogen-bond acceptors (Lipinski definition) is 4. The average molecular weight is 311 g/mol. The number of nitrogens with zero attached hydrogens (tertiary/aromatic N) is 1. The van der Waals surface area contributed by atoms with Crippen LogP contribution in [0.4, 0.5) is 5.69 Å². The van der Waals surface area contributed by atoms with Gasteiger partial charge in [0.2, 0.25) is 0 Å². The van der Waals surface area contributed by atoms with Gasteiger partial charge in [-0.2, -0.15) is 0 Å². The Morgan fingerprint density at radius 3 is 2.71 bits per heavy atom. The SMILES string of the molecule is COc1cc(OC)c(NC2CCN3CCCC3C2)cc1Cl. The first-order valence-corrected chi connectivity index (χ1v) is 8.01. The van der Waals surface area contributed by atoms with E-state index in [1.165, 1.54) is 38.8 Å². The number of ether oxygens (including phenoxy) is 2. The standard InChI is InChI=1S/C16H23ClN2O2/c1-20-15-10-16(21-2)14(9-13(15)17)18-11-5-7-19-6-3-4-12(19)8-11/h9-12,18H,3-8H2,1-2H3. The number of fused-ring (bicyclic) bond motifs is 1. The topological polar surface area (TPSA) is 33.7 Å². The minimum atomic E-state index is 0.489. The number of piperidine rings is 1. The van der Waals surface area contributed by atoms with Crippen LogP contribution in [0.3, 0.4) is 0 Å². The van der Waals surface area contributed by atoms with Crippen LogP contribution in [0.25, 0.3) is 0 Å². The first-order valence-electron chi connectivity index (χ1n) is 7.63. The van der Waals surface area contributed by atoms with E-state index in [1.807, 2.05) is 12.1 Å². The van der Waals surface area contributed by atoms with E-state index in [-0.39, 0.29) is 0 Å². The zero-order chi connectivity index (χ0) is 14.8. The molecular weight excluding hydrogens is 288 g/mol. The number of nitrogens with one attached hydrogen (secondary N) is 1. The Kier molecular flexibility index (Phi) is 4.45. The van der Waals surface area contributed by atoms with E-state index < -0.39 is 0 Å². The number of halogens is 1. The molecule has 1 aromatic carbocycles. The molecule has 1 aromatic rings. The monoisotopic (exact) mass is 310 g/mol. The molecule has 0 spiro atoms. The van der Waals surface area contributed by atoms with Crippen molar-refractivity contribution in [2.75, 3.05) is 32.6 Å². The molecule has 3 rings (SSSR count). The Morgan fingerprint density at radius 2 is 1.95 bits per heavy atom. The fourth-order valence-electron chi connectivity index (χ4n) is 3.55. The van der Waals surface area contributed by atoms with Gasteiger partial charge in [0.25, 0.3) is 0 Å². The van der Waals surface area contributed by atoms with Gasteiger partial charge in [-0.25, -0.2) is 0 Å². The number of hydrogen-bond donors (Lipinski definition) is 1. The predicted octanol–water partition coefficient (Wildman–Crippen LogP) is 3.40.